The molecule has 4 rings (SSSR count). The second-order valence-electron chi connectivity index (χ2n) is 8.37. The molecule has 0 aromatic heterocycles. The summed E-state index contributed by atoms with van der Waals surface area (Å²) in [4.78, 5) is 36.6. The minimum atomic E-state index is -1.39. The maximum atomic E-state index is 14.0. The van der Waals surface area contributed by atoms with E-state index in [4.69, 9.17) is 4.74 Å². The number of hydrogen-bond donors (Lipinski definition) is 3. The average Bonchev–Trinajstić information content (AvgIpc) is 3.16. The molecule has 1 aliphatic rings. The molecule has 0 heterocycles. The summed E-state index contributed by atoms with van der Waals surface area (Å²) in [5.41, 5.74) is 4.45. The summed E-state index contributed by atoms with van der Waals surface area (Å²) in [6.45, 7) is 1.59. The molecule has 2 amide bonds. The fourth-order valence-electron chi connectivity index (χ4n) is 4.38. The van der Waals surface area contributed by atoms with Crippen molar-refractivity contribution in [3.05, 3.63) is 95.3 Å². The third-order valence-corrected chi connectivity index (χ3v) is 6.06. The van der Waals surface area contributed by atoms with Crippen molar-refractivity contribution in [1.82, 2.24) is 10.6 Å². The van der Waals surface area contributed by atoms with E-state index in [9.17, 15) is 23.9 Å². The minimum Gasteiger partial charge on any atom is -0.481 e. The van der Waals surface area contributed by atoms with Gasteiger partial charge in [-0.2, -0.15) is 0 Å². The molecular weight excluding hydrogens is 451 g/mol. The molecule has 0 bridgehead atoms. The van der Waals surface area contributed by atoms with Crippen molar-refractivity contribution in [3.63, 3.8) is 0 Å². The van der Waals surface area contributed by atoms with Gasteiger partial charge in [0, 0.05) is 11.5 Å². The third-order valence-electron chi connectivity index (χ3n) is 6.06. The number of alkyl carbamates (subject to hydrolysis) is 1. The number of carboxylic acids is 1. The monoisotopic (exact) mass is 476 g/mol. The summed E-state index contributed by atoms with van der Waals surface area (Å²) < 4.78 is 19.5. The summed E-state index contributed by atoms with van der Waals surface area (Å²) in [5, 5.41) is 14.1. The third kappa shape index (κ3) is 5.32. The van der Waals surface area contributed by atoms with Crippen LogP contribution >= 0.6 is 0 Å². The van der Waals surface area contributed by atoms with Crippen molar-refractivity contribution in [3.8, 4) is 11.1 Å². The Balaban J connectivity index is 1.42. The number of fused-ring (bicyclic) bond motifs is 3. The van der Waals surface area contributed by atoms with Crippen LogP contribution in [-0.4, -0.2) is 35.7 Å². The SMILES string of the molecule is CC(NC(=O)C(CC(=O)O)NC(=O)OCC1c2ccccc2-c2ccccc21)c1ccccc1F. The van der Waals surface area contributed by atoms with Crippen molar-refractivity contribution in [1.29, 1.82) is 0 Å². The standard InChI is InChI=1S/C27H25FN2O5/c1-16(17-8-6-7-13-23(17)28)29-26(33)24(14-25(31)32)30-27(34)35-15-22-20-11-4-2-9-18(20)19-10-3-5-12-21(19)22/h2-13,16,22,24H,14-15H2,1H3,(H,29,33)(H,30,34)(H,31,32). The van der Waals surface area contributed by atoms with Crippen LogP contribution in [0, 0.1) is 5.82 Å². The molecular formula is C27H25FN2O5. The van der Waals surface area contributed by atoms with Gasteiger partial charge in [-0.25, -0.2) is 9.18 Å². The molecule has 0 aliphatic heterocycles. The Hall–Kier alpha value is -4.20. The number of nitrogens with one attached hydrogen (secondary N) is 2. The first-order chi connectivity index (χ1) is 16.8. The zero-order valence-electron chi connectivity index (χ0n) is 19.0. The molecule has 1 aliphatic carbocycles. The number of aliphatic carboxylic acids is 1. The van der Waals surface area contributed by atoms with Crippen molar-refractivity contribution < 1.29 is 28.6 Å². The van der Waals surface area contributed by atoms with Crippen LogP contribution < -0.4 is 10.6 Å². The van der Waals surface area contributed by atoms with Crippen molar-refractivity contribution >= 4 is 18.0 Å². The summed E-state index contributed by atoms with van der Waals surface area (Å²) in [6.07, 6.45) is -1.56. The Morgan fingerprint density at radius 2 is 1.49 bits per heavy atom. The zero-order valence-corrected chi connectivity index (χ0v) is 19.0. The molecule has 0 fully saturated rings. The van der Waals surface area contributed by atoms with Crippen LogP contribution in [0.4, 0.5) is 9.18 Å². The first-order valence-electron chi connectivity index (χ1n) is 11.2. The van der Waals surface area contributed by atoms with Crippen LogP contribution in [0.15, 0.2) is 72.8 Å². The molecule has 35 heavy (non-hydrogen) atoms. The minimum absolute atomic E-state index is 0.0207. The van der Waals surface area contributed by atoms with Gasteiger partial charge in [-0.1, -0.05) is 66.7 Å². The van der Waals surface area contributed by atoms with Gasteiger partial charge in [0.15, 0.2) is 0 Å². The number of hydrogen-bond acceptors (Lipinski definition) is 4. The van der Waals surface area contributed by atoms with Gasteiger partial charge in [-0.3, -0.25) is 9.59 Å². The first kappa shape index (κ1) is 23.9. The Bertz CT molecular complexity index is 1220. The van der Waals surface area contributed by atoms with Gasteiger partial charge < -0.3 is 20.5 Å². The second kappa shape index (κ2) is 10.4. The van der Waals surface area contributed by atoms with Gasteiger partial charge in [-0.05, 0) is 35.2 Å². The van der Waals surface area contributed by atoms with Gasteiger partial charge in [0.05, 0.1) is 12.5 Å². The fourth-order valence-corrected chi connectivity index (χ4v) is 4.38. The normalized spacial score (nSPS) is 13.8. The fraction of sp³-hybridized carbons (Fsp3) is 0.222. The van der Waals surface area contributed by atoms with Gasteiger partial charge in [-0.15, -0.1) is 0 Å². The molecule has 3 aromatic carbocycles. The molecule has 2 atom stereocenters. The Morgan fingerprint density at radius 3 is 2.09 bits per heavy atom. The quantitative estimate of drug-likeness (QED) is 0.447. The predicted molar refractivity (Wildman–Crippen MR) is 127 cm³/mol. The lowest BCUT2D eigenvalue weighted by atomic mass is 9.98. The average molecular weight is 477 g/mol. The van der Waals surface area contributed by atoms with Crippen LogP contribution in [0.2, 0.25) is 0 Å². The molecule has 2 unspecified atom stereocenters. The van der Waals surface area contributed by atoms with Crippen LogP contribution in [0.3, 0.4) is 0 Å². The van der Waals surface area contributed by atoms with E-state index in [-0.39, 0.29) is 18.1 Å². The highest BCUT2D eigenvalue weighted by Gasteiger charge is 2.30. The molecule has 0 saturated heterocycles. The maximum Gasteiger partial charge on any atom is 0.407 e. The lowest BCUT2D eigenvalue weighted by Crippen LogP contribution is -2.48. The number of rotatable bonds is 8. The number of benzene rings is 3. The highest BCUT2D eigenvalue weighted by atomic mass is 19.1. The summed E-state index contributed by atoms with van der Waals surface area (Å²) >= 11 is 0. The molecule has 3 aromatic rings. The van der Waals surface area contributed by atoms with Crippen LogP contribution in [0.1, 0.15) is 42.0 Å². The number of carbonyl (C=O) groups excluding carboxylic acids is 2. The molecule has 0 spiro atoms. The topological polar surface area (TPSA) is 105 Å². The number of halogens is 1. The van der Waals surface area contributed by atoms with E-state index in [0.717, 1.165) is 22.3 Å². The van der Waals surface area contributed by atoms with E-state index in [1.807, 2.05) is 48.5 Å². The Morgan fingerprint density at radius 1 is 0.914 bits per heavy atom. The molecule has 0 radical (unpaired) electrons. The van der Waals surface area contributed by atoms with Gasteiger partial charge in [0.25, 0.3) is 0 Å². The van der Waals surface area contributed by atoms with E-state index in [2.05, 4.69) is 10.6 Å². The van der Waals surface area contributed by atoms with Crippen LogP contribution in [0.5, 0.6) is 0 Å². The van der Waals surface area contributed by atoms with E-state index < -0.39 is 42.3 Å². The van der Waals surface area contributed by atoms with E-state index in [1.165, 1.54) is 18.2 Å². The maximum absolute atomic E-state index is 14.0. The zero-order chi connectivity index (χ0) is 24.9. The largest absolute Gasteiger partial charge is 0.481 e. The van der Waals surface area contributed by atoms with Gasteiger partial charge >= 0.3 is 12.1 Å². The number of carbonyl (C=O) groups is 3. The van der Waals surface area contributed by atoms with Crippen molar-refractivity contribution in [2.45, 2.75) is 31.3 Å². The second-order valence-corrected chi connectivity index (χ2v) is 8.37. The van der Waals surface area contributed by atoms with E-state index in [1.54, 1.807) is 13.0 Å². The summed E-state index contributed by atoms with van der Waals surface area (Å²) in [5.74, 6) is -2.71. The molecule has 3 N–H and O–H groups in total. The number of carboxylic acid groups (broad SMARTS) is 1. The number of amides is 2. The van der Waals surface area contributed by atoms with Gasteiger partial charge in [0.2, 0.25) is 5.91 Å². The first-order valence-corrected chi connectivity index (χ1v) is 11.2. The predicted octanol–water partition coefficient (Wildman–Crippen LogP) is 4.38. The van der Waals surface area contributed by atoms with Gasteiger partial charge in [0.1, 0.15) is 18.5 Å². The molecule has 8 heteroatoms. The summed E-state index contributed by atoms with van der Waals surface area (Å²) in [7, 11) is 0. The Labute approximate surface area is 201 Å². The lowest BCUT2D eigenvalue weighted by Gasteiger charge is -2.21. The summed E-state index contributed by atoms with van der Waals surface area (Å²) in [6, 6.07) is 19.5. The Kier molecular flexibility index (Phi) is 7.10. The highest BCUT2D eigenvalue weighted by Crippen LogP contribution is 2.44. The highest BCUT2D eigenvalue weighted by molar-refractivity contribution is 5.89. The van der Waals surface area contributed by atoms with Crippen LogP contribution in [0.25, 0.3) is 11.1 Å². The van der Waals surface area contributed by atoms with Crippen LogP contribution in [-0.2, 0) is 14.3 Å². The van der Waals surface area contributed by atoms with E-state index >= 15 is 0 Å². The molecule has 7 nitrogen and oxygen atoms in total. The van der Waals surface area contributed by atoms with Crippen molar-refractivity contribution in [2.24, 2.45) is 0 Å². The van der Waals surface area contributed by atoms with Crippen molar-refractivity contribution in [2.75, 3.05) is 6.61 Å². The molecule has 180 valence electrons. The lowest BCUT2D eigenvalue weighted by molar-refractivity contribution is -0.140. The smallest absolute Gasteiger partial charge is 0.407 e. The molecule has 0 saturated carbocycles. The number of ether oxygens (including phenoxy) is 1. The van der Waals surface area contributed by atoms with E-state index in [0.29, 0.717) is 0 Å².